The van der Waals surface area contributed by atoms with Crippen molar-refractivity contribution in [2.24, 2.45) is 46.3 Å². The monoisotopic (exact) mass is 414 g/mol. The van der Waals surface area contributed by atoms with Gasteiger partial charge in [-0.25, -0.2) is 0 Å². The molecule has 0 amide bonds. The van der Waals surface area contributed by atoms with E-state index >= 15 is 0 Å². The van der Waals surface area contributed by atoms with E-state index in [1.807, 2.05) is 0 Å². The Morgan fingerprint density at radius 1 is 1.07 bits per heavy atom. The van der Waals surface area contributed by atoms with Crippen LogP contribution in [0.1, 0.15) is 105 Å². The van der Waals surface area contributed by atoms with E-state index < -0.39 is 0 Å². The summed E-state index contributed by atoms with van der Waals surface area (Å²) < 4.78 is 5.36. The van der Waals surface area contributed by atoms with Crippen molar-refractivity contribution >= 4 is 6.47 Å². The Hall–Kier alpha value is -0.790. The molecule has 2 nitrogen and oxygen atoms in total. The summed E-state index contributed by atoms with van der Waals surface area (Å²) in [6, 6.07) is 0. The van der Waals surface area contributed by atoms with Crippen molar-refractivity contribution in [1.29, 1.82) is 0 Å². The second-order valence-electron chi connectivity index (χ2n) is 12.4. The van der Waals surface area contributed by atoms with Crippen molar-refractivity contribution in [3.8, 4) is 0 Å². The molecule has 0 N–H and O–H groups in total. The van der Waals surface area contributed by atoms with Crippen LogP contribution in [0.4, 0.5) is 0 Å². The molecule has 0 aromatic heterocycles. The van der Waals surface area contributed by atoms with Crippen molar-refractivity contribution in [2.75, 3.05) is 0 Å². The Morgan fingerprint density at radius 2 is 1.87 bits per heavy atom. The van der Waals surface area contributed by atoms with Gasteiger partial charge >= 0.3 is 0 Å². The summed E-state index contributed by atoms with van der Waals surface area (Å²) in [6.07, 6.45) is 17.2. The highest BCUT2D eigenvalue weighted by Gasteiger charge is 2.59. The zero-order valence-corrected chi connectivity index (χ0v) is 20.3. The summed E-state index contributed by atoms with van der Waals surface area (Å²) in [6.45, 7) is 13.2. The molecule has 3 fully saturated rings. The molecule has 4 aliphatic rings. The van der Waals surface area contributed by atoms with E-state index in [1.165, 1.54) is 57.8 Å². The smallest absolute Gasteiger partial charge is 0.293 e. The summed E-state index contributed by atoms with van der Waals surface area (Å²) in [5, 5.41) is 0. The van der Waals surface area contributed by atoms with Crippen LogP contribution in [-0.2, 0) is 9.53 Å². The number of carbonyl (C=O) groups excluding carboxylic acids is 1. The number of allylic oxidation sites excluding steroid dienone is 1. The topological polar surface area (TPSA) is 26.3 Å². The van der Waals surface area contributed by atoms with Gasteiger partial charge in [-0.3, -0.25) is 4.79 Å². The van der Waals surface area contributed by atoms with Gasteiger partial charge in [0.15, 0.2) is 0 Å². The van der Waals surface area contributed by atoms with Crippen LogP contribution >= 0.6 is 0 Å². The molecular formula is C28H46O2. The van der Waals surface area contributed by atoms with E-state index in [1.54, 1.807) is 5.57 Å². The summed E-state index contributed by atoms with van der Waals surface area (Å²) in [7, 11) is 0. The van der Waals surface area contributed by atoms with Gasteiger partial charge in [0.25, 0.3) is 6.47 Å². The minimum Gasteiger partial charge on any atom is -0.464 e. The number of hydrogen-bond acceptors (Lipinski definition) is 2. The molecule has 0 aromatic rings. The predicted molar refractivity (Wildman–Crippen MR) is 124 cm³/mol. The Morgan fingerprint density at radius 3 is 2.60 bits per heavy atom. The van der Waals surface area contributed by atoms with Gasteiger partial charge in [-0.05, 0) is 91.3 Å². The fourth-order valence-corrected chi connectivity index (χ4v) is 8.85. The Bertz CT molecular complexity index is 651. The van der Waals surface area contributed by atoms with Gasteiger partial charge in [0.2, 0.25) is 0 Å². The highest BCUT2D eigenvalue weighted by molar-refractivity contribution is 5.38. The van der Waals surface area contributed by atoms with E-state index in [0.717, 1.165) is 48.3 Å². The quantitative estimate of drug-likeness (QED) is 0.317. The molecule has 0 aliphatic heterocycles. The predicted octanol–water partition coefficient (Wildman–Crippen LogP) is 7.57. The fourth-order valence-electron chi connectivity index (χ4n) is 8.85. The number of carbonyl (C=O) groups is 1. The molecule has 0 bridgehead atoms. The van der Waals surface area contributed by atoms with Gasteiger partial charge in [0.1, 0.15) is 6.10 Å². The SMILES string of the molecule is CC(C)CCC[C@H](C)[C@H]1CC[C@@H]2[C@@H]3CC=C4C[C@@H](OC=O)CC[C@]4(C)[C@@H]3CC[C@@]21C. The van der Waals surface area contributed by atoms with Crippen LogP contribution < -0.4 is 0 Å². The Labute approximate surface area is 185 Å². The van der Waals surface area contributed by atoms with Crippen LogP contribution in [-0.4, -0.2) is 12.6 Å². The van der Waals surface area contributed by atoms with Gasteiger partial charge in [0.05, 0.1) is 0 Å². The third-order valence-electron chi connectivity index (χ3n) is 10.5. The standard InChI is InChI=1S/C28H46O2/c1-19(2)7-6-8-20(3)24-11-12-25-23-10-9-21-17-22(30-18-29)13-15-27(21,4)26(23)14-16-28(24,25)5/h9,18-20,22-26H,6-8,10-17H2,1-5H3/t20-,22-,23-,24+,25+,26+,27-,28+/m0/s1. The minimum atomic E-state index is 0.120. The van der Waals surface area contributed by atoms with Crippen LogP contribution in [0.5, 0.6) is 0 Å². The first-order chi connectivity index (χ1) is 14.3. The number of fused-ring (bicyclic) bond motifs is 5. The molecule has 4 aliphatic carbocycles. The van der Waals surface area contributed by atoms with E-state index in [4.69, 9.17) is 4.74 Å². The maximum Gasteiger partial charge on any atom is 0.293 e. The van der Waals surface area contributed by atoms with Crippen LogP contribution in [0.15, 0.2) is 11.6 Å². The molecule has 0 saturated heterocycles. The summed E-state index contributed by atoms with van der Waals surface area (Å²) in [5.74, 6) is 5.32. The zero-order chi connectivity index (χ0) is 21.5. The van der Waals surface area contributed by atoms with Gasteiger partial charge in [-0.1, -0.05) is 65.5 Å². The number of hydrogen-bond donors (Lipinski definition) is 0. The maximum absolute atomic E-state index is 10.8. The maximum atomic E-state index is 10.8. The van der Waals surface area contributed by atoms with Crippen molar-refractivity contribution in [1.82, 2.24) is 0 Å². The third-order valence-corrected chi connectivity index (χ3v) is 10.5. The second kappa shape index (κ2) is 8.62. The van der Waals surface area contributed by atoms with Crippen molar-refractivity contribution in [2.45, 2.75) is 111 Å². The van der Waals surface area contributed by atoms with Crippen molar-refractivity contribution in [3.05, 3.63) is 11.6 Å². The van der Waals surface area contributed by atoms with Gasteiger partial charge in [-0.2, -0.15) is 0 Å². The molecule has 2 heteroatoms. The molecule has 30 heavy (non-hydrogen) atoms. The zero-order valence-electron chi connectivity index (χ0n) is 20.3. The van der Waals surface area contributed by atoms with Crippen molar-refractivity contribution in [3.63, 3.8) is 0 Å². The van der Waals surface area contributed by atoms with Crippen LogP contribution in [0.3, 0.4) is 0 Å². The van der Waals surface area contributed by atoms with E-state index in [-0.39, 0.29) is 6.10 Å². The minimum absolute atomic E-state index is 0.120. The molecule has 8 atom stereocenters. The van der Waals surface area contributed by atoms with Crippen LogP contribution in [0.25, 0.3) is 0 Å². The van der Waals surface area contributed by atoms with E-state index in [9.17, 15) is 4.79 Å². The highest BCUT2D eigenvalue weighted by atomic mass is 16.5. The largest absolute Gasteiger partial charge is 0.464 e. The molecule has 0 radical (unpaired) electrons. The number of ether oxygens (including phenoxy) is 1. The summed E-state index contributed by atoms with van der Waals surface area (Å²) in [4.78, 5) is 10.8. The molecule has 170 valence electrons. The van der Waals surface area contributed by atoms with E-state index in [0.29, 0.717) is 17.3 Å². The van der Waals surface area contributed by atoms with Gasteiger partial charge in [-0.15, -0.1) is 0 Å². The lowest BCUT2D eigenvalue weighted by Gasteiger charge is -2.58. The third kappa shape index (κ3) is 3.79. The van der Waals surface area contributed by atoms with Gasteiger partial charge < -0.3 is 4.74 Å². The normalized spacial score (nSPS) is 43.9. The lowest BCUT2D eigenvalue weighted by atomic mass is 9.47. The molecule has 0 spiro atoms. The molecule has 3 saturated carbocycles. The Balaban J connectivity index is 1.47. The Kier molecular flexibility index (Phi) is 6.44. The van der Waals surface area contributed by atoms with Crippen molar-refractivity contribution < 1.29 is 9.53 Å². The second-order valence-corrected chi connectivity index (χ2v) is 12.4. The lowest BCUT2D eigenvalue weighted by molar-refractivity contribution is -0.136. The van der Waals surface area contributed by atoms with Crippen LogP contribution in [0.2, 0.25) is 0 Å². The average Bonchev–Trinajstić information content (AvgIpc) is 3.05. The first-order valence-electron chi connectivity index (χ1n) is 13.1. The lowest BCUT2D eigenvalue weighted by Crippen LogP contribution is -2.51. The molecule has 0 unspecified atom stereocenters. The molecule has 4 rings (SSSR count). The molecule has 0 heterocycles. The average molecular weight is 415 g/mol. The molecule has 0 aromatic carbocycles. The fraction of sp³-hybridized carbons (Fsp3) is 0.893. The van der Waals surface area contributed by atoms with Gasteiger partial charge in [0, 0.05) is 6.42 Å². The summed E-state index contributed by atoms with van der Waals surface area (Å²) in [5.41, 5.74) is 2.54. The first kappa shape index (κ1) is 22.4. The summed E-state index contributed by atoms with van der Waals surface area (Å²) >= 11 is 0. The molecular weight excluding hydrogens is 368 g/mol. The van der Waals surface area contributed by atoms with Crippen LogP contribution in [0, 0.1) is 46.3 Å². The number of rotatable bonds is 7. The van der Waals surface area contributed by atoms with E-state index in [2.05, 4.69) is 40.7 Å². The highest BCUT2D eigenvalue weighted by Crippen LogP contribution is 2.67. The first-order valence-corrected chi connectivity index (χ1v) is 13.1.